The molecule has 3 heterocycles. The Hall–Kier alpha value is -2.42. The molecule has 0 saturated heterocycles. The number of aromatic nitrogens is 5. The summed E-state index contributed by atoms with van der Waals surface area (Å²) < 4.78 is 6.70. The van der Waals surface area contributed by atoms with E-state index in [0.29, 0.717) is 34.1 Å². The summed E-state index contributed by atoms with van der Waals surface area (Å²) in [5.74, 6) is 1.69. The van der Waals surface area contributed by atoms with Crippen molar-refractivity contribution in [2.45, 2.75) is 13.5 Å². The minimum Gasteiger partial charge on any atom is -0.495 e. The van der Waals surface area contributed by atoms with E-state index < -0.39 is 0 Å². The first kappa shape index (κ1) is 18.0. The van der Waals surface area contributed by atoms with Gasteiger partial charge in [0.1, 0.15) is 29.1 Å². The van der Waals surface area contributed by atoms with Gasteiger partial charge in [-0.25, -0.2) is 4.98 Å². The fraction of sp³-hybridized carbons (Fsp3) is 0.176. The molecular weight excluding hydrogens is 407 g/mol. The van der Waals surface area contributed by atoms with E-state index >= 15 is 0 Å². The van der Waals surface area contributed by atoms with E-state index in [2.05, 4.69) is 25.4 Å². The number of nitrogens with zero attached hydrogens (tertiary/aromatic N) is 5. The minimum absolute atomic E-state index is 0.424. The Kier molecular flexibility index (Phi) is 4.86. The molecule has 0 fully saturated rings. The molecule has 0 aliphatic rings. The van der Waals surface area contributed by atoms with Gasteiger partial charge in [-0.3, -0.25) is 0 Å². The number of methoxy groups -OCH3 is 1. The van der Waals surface area contributed by atoms with Crippen LogP contribution in [0.4, 0.5) is 5.82 Å². The number of halogens is 2. The first-order valence-electron chi connectivity index (χ1n) is 7.94. The first-order valence-corrected chi connectivity index (χ1v) is 9.52. The van der Waals surface area contributed by atoms with E-state index in [9.17, 15) is 0 Å². The second-order valence-electron chi connectivity index (χ2n) is 5.69. The number of benzene rings is 1. The third kappa shape index (κ3) is 3.43. The summed E-state index contributed by atoms with van der Waals surface area (Å²) in [7, 11) is 1.59. The van der Waals surface area contributed by atoms with E-state index in [1.807, 2.05) is 25.1 Å². The van der Waals surface area contributed by atoms with E-state index in [-0.39, 0.29) is 0 Å². The largest absolute Gasteiger partial charge is 0.495 e. The van der Waals surface area contributed by atoms with Crippen LogP contribution in [-0.2, 0) is 6.54 Å². The Labute approximate surface area is 168 Å². The topological polar surface area (TPSA) is 77.8 Å². The minimum atomic E-state index is 0.424. The molecule has 4 rings (SSSR count). The van der Waals surface area contributed by atoms with Gasteiger partial charge in [-0.15, -0.1) is 11.3 Å². The highest BCUT2D eigenvalue weighted by Gasteiger charge is 2.17. The Balaban J connectivity index is 1.72. The molecule has 3 aromatic heterocycles. The smallest absolute Gasteiger partial charge is 0.255 e. The van der Waals surface area contributed by atoms with Crippen molar-refractivity contribution in [1.29, 1.82) is 0 Å². The van der Waals surface area contributed by atoms with E-state index in [1.165, 1.54) is 22.3 Å². The Bertz CT molecular complexity index is 1110. The average molecular weight is 421 g/mol. The number of ether oxygens (including phenoxy) is 1. The van der Waals surface area contributed by atoms with Crippen molar-refractivity contribution in [3.8, 4) is 11.7 Å². The van der Waals surface area contributed by atoms with E-state index in [1.54, 1.807) is 13.4 Å². The van der Waals surface area contributed by atoms with Crippen LogP contribution in [0.15, 0.2) is 30.9 Å². The maximum Gasteiger partial charge on any atom is 0.255 e. The molecule has 4 aromatic rings. The molecule has 0 amide bonds. The highest BCUT2D eigenvalue weighted by molar-refractivity contribution is 7.19. The molecule has 0 aliphatic heterocycles. The van der Waals surface area contributed by atoms with Crippen LogP contribution in [-0.4, -0.2) is 31.8 Å². The van der Waals surface area contributed by atoms with Crippen LogP contribution in [0, 0.1) is 6.92 Å². The van der Waals surface area contributed by atoms with E-state index in [0.717, 1.165) is 20.7 Å². The van der Waals surface area contributed by atoms with Crippen molar-refractivity contribution in [1.82, 2.24) is 24.7 Å². The summed E-state index contributed by atoms with van der Waals surface area (Å²) in [5, 5.41) is 9.44. The quantitative estimate of drug-likeness (QED) is 0.511. The van der Waals surface area contributed by atoms with Crippen molar-refractivity contribution < 1.29 is 4.74 Å². The zero-order valence-electron chi connectivity index (χ0n) is 14.4. The monoisotopic (exact) mass is 420 g/mol. The molecule has 1 N–H and O–H groups in total. The summed E-state index contributed by atoms with van der Waals surface area (Å²) in [5.41, 5.74) is 0.984. The summed E-state index contributed by atoms with van der Waals surface area (Å²) in [6.07, 6.45) is 2.99. The SMILES string of the molecule is COc1ccc(CNc2nc(-n3cncn3)nc3sc(C)c(Cl)c23)cc1Cl. The van der Waals surface area contributed by atoms with Gasteiger partial charge in [-0.2, -0.15) is 19.7 Å². The zero-order chi connectivity index (χ0) is 19.0. The summed E-state index contributed by atoms with van der Waals surface area (Å²) in [6.45, 7) is 2.47. The highest BCUT2D eigenvalue weighted by atomic mass is 35.5. The molecule has 0 bridgehead atoms. The lowest BCUT2D eigenvalue weighted by Crippen LogP contribution is -2.07. The Morgan fingerprint density at radius 2 is 2.11 bits per heavy atom. The number of aryl methyl sites for hydroxylation is 1. The number of fused-ring (bicyclic) bond motifs is 1. The molecule has 27 heavy (non-hydrogen) atoms. The predicted octanol–water partition coefficient (Wildman–Crippen LogP) is 4.51. The zero-order valence-corrected chi connectivity index (χ0v) is 16.7. The second kappa shape index (κ2) is 7.30. The van der Waals surface area contributed by atoms with E-state index in [4.69, 9.17) is 27.9 Å². The van der Waals surface area contributed by atoms with Gasteiger partial charge in [0.25, 0.3) is 5.95 Å². The normalized spacial score (nSPS) is 11.1. The molecule has 0 unspecified atom stereocenters. The van der Waals surface area contributed by atoms with Crippen LogP contribution < -0.4 is 10.1 Å². The lowest BCUT2D eigenvalue weighted by molar-refractivity contribution is 0.415. The van der Waals surface area contributed by atoms with Crippen LogP contribution in [0.2, 0.25) is 10.0 Å². The molecule has 0 aliphatic carbocycles. The van der Waals surface area contributed by atoms with Gasteiger partial charge < -0.3 is 10.1 Å². The molecule has 1 aromatic carbocycles. The van der Waals surface area contributed by atoms with Crippen molar-refractivity contribution in [2.75, 3.05) is 12.4 Å². The molecule has 0 atom stereocenters. The fourth-order valence-electron chi connectivity index (χ4n) is 2.61. The van der Waals surface area contributed by atoms with Gasteiger partial charge in [-0.1, -0.05) is 29.3 Å². The summed E-state index contributed by atoms with van der Waals surface area (Å²) in [6, 6.07) is 5.62. The molecule has 138 valence electrons. The van der Waals surface area contributed by atoms with Gasteiger partial charge in [0, 0.05) is 11.4 Å². The molecule has 0 spiro atoms. The van der Waals surface area contributed by atoms with Crippen molar-refractivity contribution in [3.05, 3.63) is 51.3 Å². The van der Waals surface area contributed by atoms with Crippen molar-refractivity contribution >= 4 is 50.6 Å². The van der Waals surface area contributed by atoms with Gasteiger partial charge in [0.15, 0.2) is 0 Å². The number of rotatable bonds is 5. The number of anilines is 1. The maximum absolute atomic E-state index is 6.49. The van der Waals surface area contributed by atoms with Crippen LogP contribution in [0.3, 0.4) is 0 Å². The van der Waals surface area contributed by atoms with Crippen LogP contribution in [0.5, 0.6) is 5.75 Å². The van der Waals surface area contributed by atoms with Crippen LogP contribution in [0.1, 0.15) is 10.4 Å². The lowest BCUT2D eigenvalue weighted by atomic mass is 10.2. The highest BCUT2D eigenvalue weighted by Crippen LogP contribution is 2.38. The Morgan fingerprint density at radius 3 is 2.81 bits per heavy atom. The molecular formula is C17H14Cl2N6OS. The standard InChI is InChI=1S/C17H14Cl2N6OS/c1-9-14(19)13-15(21-6-10-3-4-12(26-2)11(18)5-10)23-17(24-16(13)27-9)25-8-20-7-22-25/h3-5,7-8H,6H2,1-2H3,(H,21,23,24). The summed E-state index contributed by atoms with van der Waals surface area (Å²) in [4.78, 5) is 14.9. The molecule has 0 radical (unpaired) electrons. The van der Waals surface area contributed by atoms with Gasteiger partial charge in [-0.05, 0) is 24.6 Å². The van der Waals surface area contributed by atoms with Crippen LogP contribution in [0.25, 0.3) is 16.2 Å². The number of nitrogens with one attached hydrogen (secondary N) is 1. The van der Waals surface area contributed by atoms with Crippen molar-refractivity contribution in [2.24, 2.45) is 0 Å². The molecule has 7 nitrogen and oxygen atoms in total. The summed E-state index contributed by atoms with van der Waals surface area (Å²) >= 11 is 14.2. The predicted molar refractivity (Wildman–Crippen MR) is 107 cm³/mol. The average Bonchev–Trinajstić information content (AvgIpc) is 3.29. The molecule has 10 heteroatoms. The maximum atomic E-state index is 6.49. The van der Waals surface area contributed by atoms with Crippen LogP contribution >= 0.6 is 34.5 Å². The number of thiophene rings is 1. The van der Waals surface area contributed by atoms with Crippen molar-refractivity contribution in [3.63, 3.8) is 0 Å². The lowest BCUT2D eigenvalue weighted by Gasteiger charge is -2.10. The first-order chi connectivity index (χ1) is 13.1. The third-order valence-electron chi connectivity index (χ3n) is 3.94. The third-order valence-corrected chi connectivity index (χ3v) is 5.82. The van der Waals surface area contributed by atoms with Gasteiger partial charge in [0.2, 0.25) is 0 Å². The number of hydrogen-bond donors (Lipinski definition) is 1. The Morgan fingerprint density at radius 1 is 1.26 bits per heavy atom. The van der Waals surface area contributed by atoms with Gasteiger partial charge in [0.05, 0.1) is 22.5 Å². The second-order valence-corrected chi connectivity index (χ2v) is 7.68. The van der Waals surface area contributed by atoms with Gasteiger partial charge >= 0.3 is 0 Å². The number of hydrogen-bond acceptors (Lipinski definition) is 7. The molecule has 0 saturated carbocycles. The fourth-order valence-corrected chi connectivity index (χ4v) is 4.15.